The number of hydrogen-bond donors (Lipinski definition) is 0. The van der Waals surface area contributed by atoms with Gasteiger partial charge in [-0.1, -0.05) is 0 Å². The Morgan fingerprint density at radius 2 is 2.21 bits per heavy atom. The van der Waals surface area contributed by atoms with E-state index in [1.807, 2.05) is 0 Å². The van der Waals surface area contributed by atoms with Crippen LogP contribution in [0.2, 0.25) is 0 Å². The Labute approximate surface area is 82.6 Å². The molecule has 0 atom stereocenters. The lowest BCUT2D eigenvalue weighted by molar-refractivity contribution is 0.0513. The number of ether oxygens (including phenoxy) is 2. The van der Waals surface area contributed by atoms with Crippen molar-refractivity contribution in [1.29, 1.82) is 0 Å². The van der Waals surface area contributed by atoms with Crippen molar-refractivity contribution < 1.29 is 14.3 Å². The second kappa shape index (κ2) is 4.13. The van der Waals surface area contributed by atoms with Crippen LogP contribution in [0.1, 0.15) is 23.0 Å². The summed E-state index contributed by atoms with van der Waals surface area (Å²) in [5.41, 5.74) is 1.14. The van der Waals surface area contributed by atoms with Gasteiger partial charge in [-0.3, -0.25) is 4.68 Å². The lowest BCUT2D eigenvalue weighted by Gasteiger charge is -2.02. The minimum atomic E-state index is -0.372. The summed E-state index contributed by atoms with van der Waals surface area (Å²) in [6.07, 6.45) is 0. The maximum Gasteiger partial charge on any atom is 0.357 e. The van der Waals surface area contributed by atoms with Crippen LogP contribution in [-0.4, -0.2) is 29.5 Å². The standard InChI is InChI=1S/C9H14N2O3/c1-5-14-9(12)7-6(2)8(13-4)10-11(7)3/h5H2,1-4H3. The topological polar surface area (TPSA) is 53.4 Å². The molecular formula is C9H14N2O3. The van der Waals surface area contributed by atoms with Crippen LogP contribution in [-0.2, 0) is 11.8 Å². The first-order valence-corrected chi connectivity index (χ1v) is 4.36. The van der Waals surface area contributed by atoms with E-state index in [1.54, 1.807) is 20.9 Å². The van der Waals surface area contributed by atoms with Gasteiger partial charge in [-0.15, -0.1) is 5.10 Å². The lowest BCUT2D eigenvalue weighted by atomic mass is 10.2. The molecule has 1 rings (SSSR count). The predicted octanol–water partition coefficient (Wildman–Crippen LogP) is 0.914. The second-order valence-corrected chi connectivity index (χ2v) is 2.83. The number of aromatic nitrogens is 2. The fourth-order valence-corrected chi connectivity index (χ4v) is 1.28. The third kappa shape index (κ3) is 1.71. The number of aryl methyl sites for hydroxylation is 1. The molecule has 5 nitrogen and oxygen atoms in total. The summed E-state index contributed by atoms with van der Waals surface area (Å²) < 4.78 is 11.4. The first kappa shape index (κ1) is 10.6. The molecule has 0 N–H and O–H groups in total. The molecule has 0 unspecified atom stereocenters. The molecule has 0 saturated carbocycles. The average molecular weight is 198 g/mol. The number of rotatable bonds is 3. The molecule has 78 valence electrons. The van der Waals surface area contributed by atoms with Crippen molar-refractivity contribution in [2.24, 2.45) is 7.05 Å². The largest absolute Gasteiger partial charge is 0.480 e. The molecule has 0 aromatic carbocycles. The van der Waals surface area contributed by atoms with Crippen molar-refractivity contribution in [3.05, 3.63) is 11.3 Å². The molecule has 1 aromatic heterocycles. The van der Waals surface area contributed by atoms with Gasteiger partial charge >= 0.3 is 5.97 Å². The molecule has 1 heterocycles. The molecule has 0 amide bonds. The molecule has 0 radical (unpaired) electrons. The molecule has 0 bridgehead atoms. The summed E-state index contributed by atoms with van der Waals surface area (Å²) in [4.78, 5) is 11.5. The Hall–Kier alpha value is -1.52. The quantitative estimate of drug-likeness (QED) is 0.677. The Kier molecular flexibility index (Phi) is 3.11. The molecule has 14 heavy (non-hydrogen) atoms. The highest BCUT2D eigenvalue weighted by atomic mass is 16.5. The van der Waals surface area contributed by atoms with E-state index >= 15 is 0 Å². The summed E-state index contributed by atoms with van der Waals surface area (Å²) in [6.45, 7) is 3.89. The number of nitrogens with zero attached hydrogens (tertiary/aromatic N) is 2. The van der Waals surface area contributed by atoms with E-state index in [1.165, 1.54) is 11.8 Å². The van der Waals surface area contributed by atoms with Gasteiger partial charge < -0.3 is 9.47 Å². The van der Waals surface area contributed by atoms with Crippen molar-refractivity contribution in [1.82, 2.24) is 9.78 Å². The fourth-order valence-electron chi connectivity index (χ4n) is 1.28. The highest BCUT2D eigenvalue weighted by molar-refractivity contribution is 5.89. The average Bonchev–Trinajstić information content (AvgIpc) is 2.41. The minimum absolute atomic E-state index is 0.353. The molecule has 0 fully saturated rings. The number of methoxy groups -OCH3 is 1. The van der Waals surface area contributed by atoms with Crippen molar-refractivity contribution in [2.75, 3.05) is 13.7 Å². The summed E-state index contributed by atoms with van der Waals surface area (Å²) >= 11 is 0. The van der Waals surface area contributed by atoms with Gasteiger partial charge in [-0.25, -0.2) is 4.79 Å². The molecule has 0 aliphatic carbocycles. The fraction of sp³-hybridized carbons (Fsp3) is 0.556. The number of carbonyl (C=O) groups excluding carboxylic acids is 1. The van der Waals surface area contributed by atoms with Gasteiger partial charge in [0.05, 0.1) is 13.7 Å². The smallest absolute Gasteiger partial charge is 0.357 e. The lowest BCUT2D eigenvalue weighted by Crippen LogP contribution is -2.11. The van der Waals surface area contributed by atoms with Gasteiger partial charge in [-0.05, 0) is 13.8 Å². The van der Waals surface area contributed by atoms with Crippen molar-refractivity contribution in [3.8, 4) is 5.88 Å². The molecule has 0 aliphatic heterocycles. The zero-order valence-electron chi connectivity index (χ0n) is 8.83. The van der Waals surface area contributed by atoms with Gasteiger partial charge in [0.2, 0.25) is 5.88 Å². The van der Waals surface area contributed by atoms with Crippen molar-refractivity contribution in [2.45, 2.75) is 13.8 Å². The summed E-state index contributed by atoms with van der Waals surface area (Å²) in [7, 11) is 3.20. The summed E-state index contributed by atoms with van der Waals surface area (Å²) in [6, 6.07) is 0. The first-order chi connectivity index (χ1) is 6.61. The molecule has 1 aromatic rings. The zero-order chi connectivity index (χ0) is 10.7. The van der Waals surface area contributed by atoms with E-state index in [9.17, 15) is 4.79 Å². The van der Waals surface area contributed by atoms with Crippen LogP contribution < -0.4 is 4.74 Å². The van der Waals surface area contributed by atoms with Crippen LogP contribution in [0.25, 0.3) is 0 Å². The second-order valence-electron chi connectivity index (χ2n) is 2.83. The monoisotopic (exact) mass is 198 g/mol. The van der Waals surface area contributed by atoms with Gasteiger partial charge in [0.25, 0.3) is 0 Å². The van der Waals surface area contributed by atoms with Crippen LogP contribution >= 0.6 is 0 Å². The Morgan fingerprint density at radius 1 is 1.57 bits per heavy atom. The number of carbonyl (C=O) groups is 1. The van der Waals surface area contributed by atoms with Crippen molar-refractivity contribution >= 4 is 5.97 Å². The SMILES string of the molecule is CCOC(=O)c1c(C)c(OC)nn1C. The summed E-state index contributed by atoms with van der Waals surface area (Å²) in [5.74, 6) is 0.0823. The normalized spacial score (nSPS) is 10.0. The van der Waals surface area contributed by atoms with Gasteiger partial charge in [0.15, 0.2) is 5.69 Å². The van der Waals surface area contributed by atoms with Crippen LogP contribution in [0.15, 0.2) is 0 Å². The number of esters is 1. The zero-order valence-corrected chi connectivity index (χ0v) is 8.83. The van der Waals surface area contributed by atoms with E-state index in [0.29, 0.717) is 23.7 Å². The highest BCUT2D eigenvalue weighted by Crippen LogP contribution is 2.19. The maximum absolute atomic E-state index is 11.5. The Balaban J connectivity index is 3.07. The van der Waals surface area contributed by atoms with E-state index < -0.39 is 0 Å². The minimum Gasteiger partial charge on any atom is -0.480 e. The van der Waals surface area contributed by atoms with Crippen LogP contribution in [0.5, 0.6) is 5.88 Å². The van der Waals surface area contributed by atoms with E-state index in [-0.39, 0.29) is 5.97 Å². The molecule has 0 spiro atoms. The van der Waals surface area contributed by atoms with Gasteiger partial charge in [-0.2, -0.15) is 0 Å². The van der Waals surface area contributed by atoms with Crippen LogP contribution in [0.4, 0.5) is 0 Å². The maximum atomic E-state index is 11.5. The van der Waals surface area contributed by atoms with E-state index in [0.717, 1.165) is 0 Å². The molecule has 5 heteroatoms. The van der Waals surface area contributed by atoms with Crippen molar-refractivity contribution in [3.63, 3.8) is 0 Å². The number of hydrogen-bond acceptors (Lipinski definition) is 4. The van der Waals surface area contributed by atoms with E-state index in [2.05, 4.69) is 5.10 Å². The van der Waals surface area contributed by atoms with E-state index in [4.69, 9.17) is 9.47 Å². The Morgan fingerprint density at radius 3 is 2.64 bits per heavy atom. The Bertz CT molecular complexity index is 344. The third-order valence-electron chi connectivity index (χ3n) is 1.90. The predicted molar refractivity (Wildman–Crippen MR) is 50.5 cm³/mol. The molecular weight excluding hydrogens is 184 g/mol. The molecule has 0 aliphatic rings. The summed E-state index contributed by atoms with van der Waals surface area (Å²) in [5, 5.41) is 4.03. The van der Waals surface area contributed by atoms with Crippen LogP contribution in [0, 0.1) is 6.92 Å². The molecule has 0 saturated heterocycles. The van der Waals surface area contributed by atoms with Gasteiger partial charge in [0, 0.05) is 12.6 Å². The van der Waals surface area contributed by atoms with Gasteiger partial charge in [0.1, 0.15) is 0 Å². The highest BCUT2D eigenvalue weighted by Gasteiger charge is 2.20. The third-order valence-corrected chi connectivity index (χ3v) is 1.90. The van der Waals surface area contributed by atoms with Crippen LogP contribution in [0.3, 0.4) is 0 Å². The first-order valence-electron chi connectivity index (χ1n) is 4.36.